The number of pyridine rings is 1. The number of fused-ring (bicyclic) bond motifs is 10. The van der Waals surface area contributed by atoms with Crippen LogP contribution in [0.15, 0.2) is 273 Å². The summed E-state index contributed by atoms with van der Waals surface area (Å²) in [6.45, 7) is 4.72. The van der Waals surface area contributed by atoms with E-state index in [-0.39, 0.29) is 56.3 Å². The molecule has 0 fully saturated rings. The second kappa shape index (κ2) is 23.4. The van der Waals surface area contributed by atoms with E-state index in [0.29, 0.717) is 23.0 Å². The molecule has 386 valence electrons. The van der Waals surface area contributed by atoms with Gasteiger partial charge in [-0.2, -0.15) is 0 Å². The number of hydrogen-bond acceptors (Lipinski definition) is 4. The van der Waals surface area contributed by atoms with Crippen molar-refractivity contribution in [1.29, 1.82) is 0 Å². The van der Waals surface area contributed by atoms with Gasteiger partial charge < -0.3 is 12.5 Å². The van der Waals surface area contributed by atoms with Gasteiger partial charge in [-0.3, -0.25) is 0 Å². The SMILES string of the molecule is CC1(C)c2ccc(-c3nc(-c4cc(-c5ccccc5)cc(-c5ccccc5)c4)nc(-c4cc(-c5ccccc5)cc(-c5ccccc5)c4)n3)cc2-c2cc3c4ccccc4c4ccccc4c3cc21.[CH3-].[Li+].[Li+].[O-]c1cccc2ccc[nH+]c12. The largest absolute Gasteiger partial charge is 1.00 e. The molecule has 14 aromatic rings. The van der Waals surface area contributed by atoms with Gasteiger partial charge in [-0.05, 0) is 172 Å². The molecule has 0 aliphatic heterocycles. The van der Waals surface area contributed by atoms with Crippen molar-refractivity contribution in [2.75, 3.05) is 0 Å². The smallest absolute Gasteiger partial charge is 0.868 e. The third kappa shape index (κ3) is 10.5. The number of hydrogen-bond donors (Lipinski definition) is 0. The Balaban J connectivity index is 0.000000461. The molecular weight excluding hydrogens is 999 g/mol. The number of aromatic amines is 1. The van der Waals surface area contributed by atoms with E-state index in [9.17, 15) is 5.11 Å². The van der Waals surface area contributed by atoms with Crippen LogP contribution >= 0.6 is 0 Å². The molecule has 2 aromatic heterocycles. The van der Waals surface area contributed by atoms with Crippen molar-refractivity contribution in [2.45, 2.75) is 19.3 Å². The van der Waals surface area contributed by atoms with Crippen LogP contribution < -0.4 is 47.8 Å². The molecule has 0 saturated heterocycles. The summed E-state index contributed by atoms with van der Waals surface area (Å²) in [7, 11) is 0. The van der Waals surface area contributed by atoms with Crippen molar-refractivity contribution in [1.82, 2.24) is 15.0 Å². The Morgan fingerprint density at radius 1 is 0.313 bits per heavy atom. The summed E-state index contributed by atoms with van der Waals surface area (Å²) in [6, 6.07) is 94.2. The molecule has 2 heterocycles. The summed E-state index contributed by atoms with van der Waals surface area (Å²) in [4.78, 5) is 19.2. The van der Waals surface area contributed by atoms with Gasteiger partial charge in [-0.15, -0.1) is 0 Å². The van der Waals surface area contributed by atoms with Gasteiger partial charge in [-0.25, -0.2) is 19.9 Å². The van der Waals surface area contributed by atoms with Crippen molar-refractivity contribution < 1.29 is 47.8 Å². The summed E-state index contributed by atoms with van der Waals surface area (Å²) in [5.41, 5.74) is 17.2. The van der Waals surface area contributed by atoms with E-state index in [1.807, 2.05) is 18.2 Å². The maximum atomic E-state index is 11.1. The maximum absolute atomic E-state index is 11.1. The molecule has 15 rings (SSSR count). The summed E-state index contributed by atoms with van der Waals surface area (Å²) in [5.74, 6) is 1.89. The zero-order valence-corrected chi connectivity index (χ0v) is 47.2. The second-order valence-electron chi connectivity index (χ2n) is 21.2. The molecule has 0 amide bonds. The van der Waals surface area contributed by atoms with E-state index in [2.05, 4.69) is 255 Å². The van der Waals surface area contributed by atoms with Gasteiger partial charge in [-0.1, -0.05) is 208 Å². The standard InChI is InChI=1S/C66H45N3.C9H7NO.CH3.2Li/c1-66(2)61-32-31-46(39-59(61)60-40-57-55-29-17-15-27-53(55)54-28-16-18-30-56(54)58(57)41-62(60)66)63-67-64(51-35-47(42-19-7-3-8-20-42)33-48(36-51)43-21-9-4-10-22-43)69-65(68-63)52-37-49(44-23-11-5-12-24-44)34-50(38-52)45-25-13-6-14-26-45;11-8-5-1-3-7-4-2-6-10-9(7)8;;;/h3-41H,1-2H3;1-6,11H;1H3;;/q;;-1;2*+1. The maximum Gasteiger partial charge on any atom is 1.00 e. The molecule has 1 aliphatic rings. The topological polar surface area (TPSA) is 75.9 Å². The van der Waals surface area contributed by atoms with Crippen LogP contribution in [0.4, 0.5) is 0 Å². The number of aromatic nitrogens is 4. The number of para-hydroxylation sites is 1. The number of benzene rings is 12. The van der Waals surface area contributed by atoms with Crippen LogP contribution in [0.3, 0.4) is 0 Å². The van der Waals surface area contributed by atoms with Gasteiger partial charge in [0.05, 0.1) is 0 Å². The monoisotopic (exact) mass is 1050 g/mol. The molecule has 0 atom stereocenters. The molecule has 5 nitrogen and oxygen atoms in total. The predicted molar refractivity (Wildman–Crippen MR) is 334 cm³/mol. The van der Waals surface area contributed by atoms with Crippen LogP contribution in [0.2, 0.25) is 0 Å². The zero-order valence-electron chi connectivity index (χ0n) is 47.2. The van der Waals surface area contributed by atoms with E-state index in [1.54, 1.807) is 18.3 Å². The Morgan fingerprint density at radius 2 is 0.687 bits per heavy atom. The van der Waals surface area contributed by atoms with Crippen LogP contribution in [-0.4, -0.2) is 15.0 Å². The number of H-pyrrole nitrogens is 1. The van der Waals surface area contributed by atoms with E-state index < -0.39 is 0 Å². The van der Waals surface area contributed by atoms with Gasteiger partial charge in [0.15, 0.2) is 23.7 Å². The Labute approximate surface area is 508 Å². The predicted octanol–water partition coefficient (Wildman–Crippen LogP) is 12.5. The minimum absolute atomic E-state index is 0. The van der Waals surface area contributed by atoms with Crippen molar-refractivity contribution >= 4 is 43.2 Å². The minimum Gasteiger partial charge on any atom is -0.868 e. The first-order chi connectivity index (χ1) is 39.3. The third-order valence-electron chi connectivity index (χ3n) is 15.9. The fourth-order valence-corrected chi connectivity index (χ4v) is 11.9. The Morgan fingerprint density at radius 3 is 1.13 bits per heavy atom. The van der Waals surface area contributed by atoms with E-state index in [0.717, 1.165) is 66.6 Å². The molecule has 0 unspecified atom stereocenters. The summed E-state index contributed by atoms with van der Waals surface area (Å²) >= 11 is 0. The number of rotatable bonds is 7. The second-order valence-corrected chi connectivity index (χ2v) is 21.2. The molecule has 12 aromatic carbocycles. The van der Waals surface area contributed by atoms with Gasteiger partial charge in [0, 0.05) is 33.6 Å². The molecule has 0 spiro atoms. The van der Waals surface area contributed by atoms with Crippen LogP contribution in [0.5, 0.6) is 5.75 Å². The van der Waals surface area contributed by atoms with Crippen molar-refractivity contribution in [3.8, 4) is 95.5 Å². The third-order valence-corrected chi connectivity index (χ3v) is 15.9. The van der Waals surface area contributed by atoms with Crippen molar-refractivity contribution in [3.63, 3.8) is 0 Å². The minimum atomic E-state index is -0.225. The molecule has 1 N–H and O–H groups in total. The first kappa shape index (κ1) is 55.7. The van der Waals surface area contributed by atoms with Gasteiger partial charge in [0.2, 0.25) is 5.52 Å². The molecule has 1 aliphatic carbocycles. The number of nitrogens with one attached hydrogen (secondary N) is 1. The summed E-state index contributed by atoms with van der Waals surface area (Å²) in [6.07, 6.45) is 1.75. The van der Waals surface area contributed by atoms with Crippen LogP contribution in [0, 0.1) is 7.43 Å². The van der Waals surface area contributed by atoms with E-state index in [1.165, 1.54) is 54.6 Å². The summed E-state index contributed by atoms with van der Waals surface area (Å²) < 4.78 is 0. The average molecular weight is 1050 g/mol. The van der Waals surface area contributed by atoms with E-state index in [4.69, 9.17) is 15.0 Å². The quantitative estimate of drug-likeness (QED) is 0.0905. The zero-order chi connectivity index (χ0) is 53.7. The molecular formula is C76H55Li2N4O+. The molecule has 83 heavy (non-hydrogen) atoms. The normalized spacial score (nSPS) is 11.8. The number of nitrogens with zero attached hydrogens (tertiary/aromatic N) is 3. The van der Waals surface area contributed by atoms with Crippen LogP contribution in [0.25, 0.3) is 133 Å². The Bertz CT molecular complexity index is 4420. The van der Waals surface area contributed by atoms with Gasteiger partial charge in [0.1, 0.15) is 0 Å². The fourth-order valence-electron chi connectivity index (χ4n) is 11.9. The van der Waals surface area contributed by atoms with Crippen molar-refractivity contribution in [2.24, 2.45) is 0 Å². The Hall–Kier alpha value is -9.17. The van der Waals surface area contributed by atoms with Crippen molar-refractivity contribution in [3.05, 3.63) is 292 Å². The van der Waals surface area contributed by atoms with Gasteiger partial charge >= 0.3 is 37.7 Å². The average Bonchev–Trinajstić information content (AvgIpc) is 2.19. The molecule has 0 bridgehead atoms. The Kier molecular flexibility index (Phi) is 15.7. The summed E-state index contributed by atoms with van der Waals surface area (Å²) in [5, 5.41) is 19.8. The first-order valence-corrected chi connectivity index (χ1v) is 27.2. The van der Waals surface area contributed by atoms with E-state index >= 15 is 0 Å². The molecule has 0 saturated carbocycles. The van der Waals surface area contributed by atoms with Gasteiger partial charge in [0.25, 0.3) is 0 Å². The molecule has 0 radical (unpaired) electrons. The van der Waals surface area contributed by atoms with Crippen LogP contribution in [-0.2, 0) is 5.41 Å². The van der Waals surface area contributed by atoms with Crippen LogP contribution in [0.1, 0.15) is 25.0 Å². The first-order valence-electron chi connectivity index (χ1n) is 27.2. The molecule has 7 heteroatoms. The fraction of sp³-hybridized carbons (Fsp3) is 0.0395.